The number of hydrogen-bond donors (Lipinski definition) is 2. The van der Waals surface area contributed by atoms with Crippen LogP contribution in [0.25, 0.3) is 0 Å². The Balaban J connectivity index is 2.48. The first-order valence-electron chi connectivity index (χ1n) is 4.12. The van der Waals surface area contributed by atoms with Gasteiger partial charge in [0.1, 0.15) is 0 Å². The average Bonchev–Trinajstić information content (AvgIpc) is 2.64. The van der Waals surface area contributed by atoms with Gasteiger partial charge in [-0.1, -0.05) is 0 Å². The fourth-order valence-electron chi connectivity index (χ4n) is 1.26. The Hall–Kier alpha value is -1.05. The maximum Gasteiger partial charge on any atom is 0.276 e. The molecule has 6 nitrogen and oxygen atoms in total. The van der Waals surface area contributed by atoms with Crippen LogP contribution in [-0.4, -0.2) is 25.4 Å². The maximum absolute atomic E-state index is 11.3. The molecule has 0 saturated heterocycles. The van der Waals surface area contributed by atoms with Crippen molar-refractivity contribution < 1.29 is 8.42 Å². The van der Waals surface area contributed by atoms with Crippen LogP contribution in [0.15, 0.2) is 11.4 Å². The van der Waals surface area contributed by atoms with Gasteiger partial charge < -0.3 is 5.32 Å². The van der Waals surface area contributed by atoms with Crippen molar-refractivity contribution in [3.63, 3.8) is 0 Å². The lowest BCUT2D eigenvalue weighted by atomic mass is 10.3. The third-order valence-corrected chi connectivity index (χ3v) is 3.26. The number of rotatable bonds is 2. The average molecular weight is 214 g/mol. The lowest BCUT2D eigenvalue weighted by Crippen LogP contribution is -2.21. The first-order chi connectivity index (χ1) is 6.63. The van der Waals surface area contributed by atoms with Crippen LogP contribution in [0.3, 0.4) is 0 Å². The molecule has 0 saturated carbocycles. The molecular formula is C7H10N4O2S. The molecule has 0 atom stereocenters. The maximum atomic E-state index is 11.3. The third-order valence-electron chi connectivity index (χ3n) is 2.05. The second-order valence-corrected chi connectivity index (χ2v) is 4.72. The lowest BCUT2D eigenvalue weighted by Gasteiger charge is -2.01. The summed E-state index contributed by atoms with van der Waals surface area (Å²) >= 11 is 0. The summed E-state index contributed by atoms with van der Waals surface area (Å²) < 4.78 is 24.9. The van der Waals surface area contributed by atoms with E-state index in [-0.39, 0.29) is 5.16 Å². The molecule has 0 aliphatic carbocycles. The van der Waals surface area contributed by atoms with E-state index in [1.165, 1.54) is 7.05 Å². The van der Waals surface area contributed by atoms with E-state index in [4.69, 9.17) is 0 Å². The molecule has 14 heavy (non-hydrogen) atoms. The lowest BCUT2D eigenvalue weighted by molar-refractivity contribution is 0.577. The van der Waals surface area contributed by atoms with Crippen molar-refractivity contribution in [1.29, 1.82) is 0 Å². The highest BCUT2D eigenvalue weighted by Crippen LogP contribution is 2.12. The Bertz CT molecular complexity index is 457. The van der Waals surface area contributed by atoms with Crippen LogP contribution in [0.5, 0.6) is 0 Å². The minimum absolute atomic E-state index is 0.164. The minimum atomic E-state index is -3.52. The van der Waals surface area contributed by atoms with Crippen LogP contribution in [0.2, 0.25) is 0 Å². The molecule has 1 aliphatic rings. The fraction of sp³-hybridized carbons (Fsp3) is 0.429. The first kappa shape index (κ1) is 9.50. The Kier molecular flexibility index (Phi) is 2.22. The van der Waals surface area contributed by atoms with E-state index in [9.17, 15) is 8.42 Å². The molecule has 1 aliphatic heterocycles. The zero-order valence-electron chi connectivity index (χ0n) is 7.61. The van der Waals surface area contributed by atoms with E-state index in [1.807, 2.05) is 0 Å². The van der Waals surface area contributed by atoms with Crippen molar-refractivity contribution in [1.82, 2.24) is 20.0 Å². The normalized spacial score (nSPS) is 15.5. The molecule has 2 rings (SSSR count). The summed E-state index contributed by atoms with van der Waals surface area (Å²) in [5, 5.41) is 2.90. The summed E-state index contributed by atoms with van der Waals surface area (Å²) in [5.74, 6) is 0. The van der Waals surface area contributed by atoms with Crippen molar-refractivity contribution >= 4 is 10.0 Å². The molecule has 2 heterocycles. The summed E-state index contributed by atoms with van der Waals surface area (Å²) in [5.41, 5.74) is 1.72. The number of nitrogens with one attached hydrogen (secondary N) is 2. The predicted octanol–water partition coefficient (Wildman–Crippen LogP) is -1.01. The van der Waals surface area contributed by atoms with Gasteiger partial charge in [-0.05, 0) is 7.05 Å². The van der Waals surface area contributed by atoms with Crippen LogP contribution >= 0.6 is 0 Å². The van der Waals surface area contributed by atoms with Crippen LogP contribution in [-0.2, 0) is 23.1 Å². The Morgan fingerprint density at radius 3 is 3.00 bits per heavy atom. The summed E-state index contributed by atoms with van der Waals surface area (Å²) in [6, 6.07) is 0. The number of sulfonamides is 1. The van der Waals surface area contributed by atoms with Gasteiger partial charge in [-0.25, -0.2) is 23.1 Å². The van der Waals surface area contributed by atoms with Gasteiger partial charge in [-0.2, -0.15) is 0 Å². The second kappa shape index (κ2) is 3.26. The Labute approximate surface area is 81.8 Å². The smallest absolute Gasteiger partial charge is 0.276 e. The molecule has 2 N–H and O–H groups in total. The standard InChI is InChI=1S/C7H10N4O2S/c1-8-14(12,13)7-10-3-5-2-9-4-6(5)11-7/h3,8-9H,2,4H2,1H3. The second-order valence-electron chi connectivity index (χ2n) is 2.94. The van der Waals surface area contributed by atoms with Crippen LogP contribution < -0.4 is 10.0 Å². The highest BCUT2D eigenvalue weighted by Gasteiger charge is 2.19. The molecule has 0 amide bonds. The number of hydrogen-bond acceptors (Lipinski definition) is 5. The summed E-state index contributed by atoms with van der Waals surface area (Å²) in [6.45, 7) is 1.30. The largest absolute Gasteiger partial charge is 0.307 e. The zero-order chi connectivity index (χ0) is 10.2. The van der Waals surface area contributed by atoms with Gasteiger partial charge in [0.2, 0.25) is 0 Å². The van der Waals surface area contributed by atoms with Crippen molar-refractivity contribution in [3.8, 4) is 0 Å². The van der Waals surface area contributed by atoms with Crippen LogP contribution in [0.4, 0.5) is 0 Å². The summed E-state index contributed by atoms with van der Waals surface area (Å²) in [4.78, 5) is 7.76. The molecule has 0 unspecified atom stereocenters. The first-order valence-corrected chi connectivity index (χ1v) is 5.61. The van der Waals surface area contributed by atoms with Gasteiger partial charge in [0.25, 0.3) is 15.2 Å². The molecule has 76 valence electrons. The van der Waals surface area contributed by atoms with Crippen LogP contribution in [0.1, 0.15) is 11.3 Å². The van der Waals surface area contributed by atoms with E-state index >= 15 is 0 Å². The van der Waals surface area contributed by atoms with Crippen molar-refractivity contribution in [2.24, 2.45) is 0 Å². The van der Waals surface area contributed by atoms with Gasteiger partial charge >= 0.3 is 0 Å². The highest BCUT2D eigenvalue weighted by molar-refractivity contribution is 7.89. The summed E-state index contributed by atoms with van der Waals surface area (Å²) in [6.07, 6.45) is 1.55. The molecule has 0 bridgehead atoms. The molecule has 1 aromatic heterocycles. The molecular weight excluding hydrogens is 204 g/mol. The van der Waals surface area contributed by atoms with Gasteiger partial charge in [0.15, 0.2) is 0 Å². The van der Waals surface area contributed by atoms with E-state index in [2.05, 4.69) is 20.0 Å². The number of fused-ring (bicyclic) bond motifs is 1. The Morgan fingerprint density at radius 1 is 1.50 bits per heavy atom. The molecule has 0 radical (unpaired) electrons. The van der Waals surface area contributed by atoms with Crippen molar-refractivity contribution in [2.75, 3.05) is 7.05 Å². The van der Waals surface area contributed by atoms with Gasteiger partial charge in [-0.3, -0.25) is 0 Å². The SMILES string of the molecule is CNS(=O)(=O)c1ncc2c(n1)CNC2. The van der Waals surface area contributed by atoms with Crippen molar-refractivity contribution in [2.45, 2.75) is 18.2 Å². The minimum Gasteiger partial charge on any atom is -0.307 e. The molecule has 0 spiro atoms. The summed E-state index contributed by atoms with van der Waals surface area (Å²) in [7, 11) is -2.18. The monoisotopic (exact) mass is 214 g/mol. The topological polar surface area (TPSA) is 84.0 Å². The number of aromatic nitrogens is 2. The Morgan fingerprint density at radius 2 is 2.29 bits per heavy atom. The zero-order valence-corrected chi connectivity index (χ0v) is 8.43. The van der Waals surface area contributed by atoms with Gasteiger partial charge in [0.05, 0.1) is 5.69 Å². The van der Waals surface area contributed by atoms with E-state index in [0.717, 1.165) is 11.3 Å². The number of nitrogens with zero attached hydrogens (tertiary/aromatic N) is 2. The quantitative estimate of drug-likeness (QED) is 0.616. The van der Waals surface area contributed by atoms with E-state index < -0.39 is 10.0 Å². The van der Waals surface area contributed by atoms with E-state index in [1.54, 1.807) is 6.20 Å². The highest BCUT2D eigenvalue weighted by atomic mass is 32.2. The van der Waals surface area contributed by atoms with Crippen molar-refractivity contribution in [3.05, 3.63) is 17.5 Å². The predicted molar refractivity (Wildman–Crippen MR) is 48.8 cm³/mol. The van der Waals surface area contributed by atoms with E-state index in [0.29, 0.717) is 13.1 Å². The van der Waals surface area contributed by atoms with Crippen LogP contribution in [0, 0.1) is 0 Å². The molecule has 7 heteroatoms. The molecule has 0 aromatic carbocycles. The van der Waals surface area contributed by atoms with Gasteiger partial charge in [0, 0.05) is 24.8 Å². The van der Waals surface area contributed by atoms with Gasteiger partial charge in [-0.15, -0.1) is 0 Å². The molecule has 0 fully saturated rings. The fourth-order valence-corrected chi connectivity index (χ4v) is 1.87. The molecule has 1 aromatic rings. The third kappa shape index (κ3) is 1.49.